The molecule has 0 aromatic heterocycles. The highest BCUT2D eigenvalue weighted by Gasteiger charge is 2.28. The topological polar surface area (TPSA) is 75.7 Å². The highest BCUT2D eigenvalue weighted by molar-refractivity contribution is 7.92. The van der Waals surface area contributed by atoms with Crippen molar-refractivity contribution in [3.05, 3.63) is 22.7 Å². The predicted molar refractivity (Wildman–Crippen MR) is 86.1 cm³/mol. The maximum atomic E-state index is 12.1. The van der Waals surface area contributed by atoms with Crippen molar-refractivity contribution in [1.29, 1.82) is 0 Å². The van der Waals surface area contributed by atoms with Crippen LogP contribution in [-0.4, -0.2) is 40.3 Å². The molecule has 1 aliphatic rings. The monoisotopic (exact) mass is 346 g/mol. The normalized spacial score (nSPS) is 14.5. The first kappa shape index (κ1) is 16.9. The van der Waals surface area contributed by atoms with Crippen molar-refractivity contribution in [2.24, 2.45) is 0 Å². The third-order valence-electron chi connectivity index (χ3n) is 3.36. The third kappa shape index (κ3) is 4.04. The van der Waals surface area contributed by atoms with Crippen LogP contribution in [0.1, 0.15) is 18.4 Å². The zero-order chi connectivity index (χ0) is 16.5. The standard InChI is InChI=1S/C14H19ClN2O4S/c1-9-6-12(13(21-2)7-11(9)15)17(22(3,19)20)8-14(18)16-10-4-5-10/h6-7,10H,4-5,8H2,1-3H3,(H,16,18). The van der Waals surface area contributed by atoms with Gasteiger partial charge in [0.15, 0.2) is 0 Å². The lowest BCUT2D eigenvalue weighted by Gasteiger charge is -2.24. The number of ether oxygens (including phenoxy) is 1. The van der Waals surface area contributed by atoms with Crippen molar-refractivity contribution in [3.8, 4) is 5.75 Å². The molecule has 1 saturated carbocycles. The predicted octanol–water partition coefficient (Wildman–Crippen LogP) is 1.70. The Morgan fingerprint density at radius 2 is 2.09 bits per heavy atom. The first-order valence-electron chi connectivity index (χ1n) is 6.83. The van der Waals surface area contributed by atoms with E-state index < -0.39 is 10.0 Å². The number of anilines is 1. The van der Waals surface area contributed by atoms with Gasteiger partial charge in [-0.25, -0.2) is 8.42 Å². The summed E-state index contributed by atoms with van der Waals surface area (Å²) in [5.74, 6) is -0.0252. The first-order valence-corrected chi connectivity index (χ1v) is 9.06. The Hall–Kier alpha value is -1.47. The first-order chi connectivity index (χ1) is 10.2. The fourth-order valence-electron chi connectivity index (χ4n) is 2.02. The van der Waals surface area contributed by atoms with Gasteiger partial charge in [-0.1, -0.05) is 11.6 Å². The lowest BCUT2D eigenvalue weighted by atomic mass is 10.2. The maximum Gasteiger partial charge on any atom is 0.240 e. The molecule has 0 unspecified atom stereocenters. The molecule has 1 amide bonds. The Bertz CT molecular complexity index is 686. The number of benzene rings is 1. The van der Waals surface area contributed by atoms with E-state index in [-0.39, 0.29) is 18.5 Å². The SMILES string of the molecule is COc1cc(Cl)c(C)cc1N(CC(=O)NC1CC1)S(C)(=O)=O. The van der Waals surface area contributed by atoms with Crippen LogP contribution in [0, 0.1) is 6.92 Å². The molecule has 1 aromatic rings. The maximum absolute atomic E-state index is 12.1. The molecular formula is C14H19ClN2O4S. The summed E-state index contributed by atoms with van der Waals surface area (Å²) in [5.41, 5.74) is 1.01. The van der Waals surface area contributed by atoms with E-state index in [1.807, 2.05) is 0 Å². The lowest BCUT2D eigenvalue weighted by Crippen LogP contribution is -2.41. The van der Waals surface area contributed by atoms with Gasteiger partial charge in [-0.3, -0.25) is 9.10 Å². The molecule has 1 aliphatic carbocycles. The van der Waals surface area contributed by atoms with Gasteiger partial charge in [-0.15, -0.1) is 0 Å². The number of rotatable bonds is 6. The van der Waals surface area contributed by atoms with Crippen molar-refractivity contribution in [1.82, 2.24) is 5.32 Å². The number of carbonyl (C=O) groups is 1. The Balaban J connectivity index is 2.36. The van der Waals surface area contributed by atoms with Gasteiger partial charge in [0.25, 0.3) is 0 Å². The Morgan fingerprint density at radius 1 is 1.45 bits per heavy atom. The summed E-state index contributed by atoms with van der Waals surface area (Å²) >= 11 is 6.04. The average molecular weight is 347 g/mol. The number of aryl methyl sites for hydroxylation is 1. The number of nitrogens with one attached hydrogen (secondary N) is 1. The number of halogens is 1. The summed E-state index contributed by atoms with van der Waals surface area (Å²) in [6, 6.07) is 3.32. The third-order valence-corrected chi connectivity index (χ3v) is 4.89. The Morgan fingerprint density at radius 3 is 2.59 bits per heavy atom. The van der Waals surface area contributed by atoms with Gasteiger partial charge in [-0.2, -0.15) is 0 Å². The highest BCUT2D eigenvalue weighted by Crippen LogP contribution is 2.35. The van der Waals surface area contributed by atoms with Gasteiger partial charge in [0.2, 0.25) is 15.9 Å². The number of hydrogen-bond acceptors (Lipinski definition) is 4. The fourth-order valence-corrected chi connectivity index (χ4v) is 3.02. The molecule has 1 aromatic carbocycles. The van der Waals surface area contributed by atoms with Crippen LogP contribution in [0.3, 0.4) is 0 Å². The van der Waals surface area contributed by atoms with Crippen molar-refractivity contribution >= 4 is 33.2 Å². The van der Waals surface area contributed by atoms with Gasteiger partial charge >= 0.3 is 0 Å². The minimum absolute atomic E-state index is 0.169. The van der Waals surface area contributed by atoms with E-state index in [0.29, 0.717) is 22.0 Å². The molecule has 0 aliphatic heterocycles. The molecule has 6 nitrogen and oxygen atoms in total. The van der Waals surface area contributed by atoms with Crippen molar-refractivity contribution in [2.75, 3.05) is 24.2 Å². The number of hydrogen-bond donors (Lipinski definition) is 1. The summed E-state index contributed by atoms with van der Waals surface area (Å²) < 4.78 is 30.4. The average Bonchev–Trinajstić information content (AvgIpc) is 3.21. The molecule has 1 fully saturated rings. The van der Waals surface area contributed by atoms with Crippen LogP contribution in [0.2, 0.25) is 5.02 Å². The van der Waals surface area contributed by atoms with Crippen LogP contribution in [0.5, 0.6) is 5.75 Å². The summed E-state index contributed by atoms with van der Waals surface area (Å²) in [5, 5.41) is 3.25. The Labute approximate surface area is 135 Å². The molecule has 122 valence electrons. The van der Waals surface area contributed by atoms with E-state index in [9.17, 15) is 13.2 Å². The van der Waals surface area contributed by atoms with Crippen LogP contribution >= 0.6 is 11.6 Å². The molecule has 1 N–H and O–H groups in total. The van der Waals surface area contributed by atoms with E-state index in [1.165, 1.54) is 7.11 Å². The van der Waals surface area contributed by atoms with Crippen LogP contribution in [-0.2, 0) is 14.8 Å². The van der Waals surface area contributed by atoms with E-state index in [1.54, 1.807) is 19.1 Å². The number of nitrogens with zero attached hydrogens (tertiary/aromatic N) is 1. The second-order valence-electron chi connectivity index (χ2n) is 5.38. The molecular weight excluding hydrogens is 328 g/mol. The zero-order valence-electron chi connectivity index (χ0n) is 12.7. The molecule has 0 atom stereocenters. The minimum Gasteiger partial charge on any atom is -0.494 e. The van der Waals surface area contributed by atoms with Crippen molar-refractivity contribution in [3.63, 3.8) is 0 Å². The second kappa shape index (κ2) is 6.34. The largest absolute Gasteiger partial charge is 0.494 e. The van der Waals surface area contributed by atoms with Crippen molar-refractivity contribution < 1.29 is 17.9 Å². The van der Waals surface area contributed by atoms with Gasteiger partial charge in [-0.05, 0) is 31.4 Å². The number of sulfonamides is 1. The molecule has 0 heterocycles. The Kier molecular flexibility index (Phi) is 4.87. The summed E-state index contributed by atoms with van der Waals surface area (Å²) in [4.78, 5) is 12.0. The van der Waals surface area contributed by atoms with E-state index in [0.717, 1.165) is 23.4 Å². The summed E-state index contributed by atoms with van der Waals surface area (Å²) in [6.07, 6.45) is 2.93. The molecule has 0 saturated heterocycles. The van der Waals surface area contributed by atoms with Gasteiger partial charge < -0.3 is 10.1 Å². The lowest BCUT2D eigenvalue weighted by molar-refractivity contribution is -0.119. The number of carbonyl (C=O) groups excluding carboxylic acids is 1. The summed E-state index contributed by atoms with van der Waals surface area (Å²) in [6.45, 7) is 1.47. The molecule has 0 spiro atoms. The van der Waals surface area contributed by atoms with Gasteiger partial charge in [0.1, 0.15) is 12.3 Å². The van der Waals surface area contributed by atoms with Crippen molar-refractivity contribution in [2.45, 2.75) is 25.8 Å². The van der Waals surface area contributed by atoms with Gasteiger partial charge in [0.05, 0.1) is 19.1 Å². The molecule has 0 radical (unpaired) electrons. The number of amides is 1. The zero-order valence-corrected chi connectivity index (χ0v) is 14.3. The molecule has 22 heavy (non-hydrogen) atoms. The number of methoxy groups -OCH3 is 1. The second-order valence-corrected chi connectivity index (χ2v) is 7.70. The van der Waals surface area contributed by atoms with Crippen LogP contribution in [0.25, 0.3) is 0 Å². The van der Waals surface area contributed by atoms with Crippen LogP contribution in [0.15, 0.2) is 12.1 Å². The fraction of sp³-hybridized carbons (Fsp3) is 0.500. The van der Waals surface area contributed by atoms with Crippen LogP contribution < -0.4 is 14.4 Å². The summed E-state index contributed by atoms with van der Waals surface area (Å²) in [7, 11) is -2.22. The highest BCUT2D eigenvalue weighted by atomic mass is 35.5. The van der Waals surface area contributed by atoms with E-state index >= 15 is 0 Å². The molecule has 8 heteroatoms. The quantitative estimate of drug-likeness (QED) is 0.850. The molecule has 0 bridgehead atoms. The van der Waals surface area contributed by atoms with E-state index in [4.69, 9.17) is 16.3 Å². The van der Waals surface area contributed by atoms with Crippen LogP contribution in [0.4, 0.5) is 5.69 Å². The molecule has 2 rings (SSSR count). The minimum atomic E-state index is -3.64. The van der Waals surface area contributed by atoms with E-state index in [2.05, 4.69) is 5.32 Å². The van der Waals surface area contributed by atoms with Gasteiger partial charge in [0, 0.05) is 17.1 Å². The smallest absolute Gasteiger partial charge is 0.240 e.